The lowest BCUT2D eigenvalue weighted by molar-refractivity contribution is 0.293. The van der Waals surface area contributed by atoms with Crippen LogP contribution >= 0.6 is 7.82 Å². The predicted octanol–water partition coefficient (Wildman–Crippen LogP) is 6.22. The molecule has 0 fully saturated rings. The predicted molar refractivity (Wildman–Crippen MR) is 120 cm³/mol. The van der Waals surface area contributed by atoms with Crippen LogP contribution in [-0.2, 0) is 11.0 Å². The fourth-order valence-corrected chi connectivity index (χ4v) is 4.31. The third-order valence-electron chi connectivity index (χ3n) is 4.70. The highest BCUT2D eigenvalue weighted by atomic mass is 31.2. The molecule has 0 bridgehead atoms. The average Bonchev–Trinajstić information content (AvgIpc) is 2.76. The number of rotatable bonds is 11. The second kappa shape index (κ2) is 10.9. The molecule has 0 unspecified atom stereocenters. The van der Waals surface area contributed by atoms with E-state index in [1.54, 1.807) is 54.6 Å². The van der Waals surface area contributed by atoms with Crippen molar-refractivity contribution in [3.8, 4) is 17.2 Å². The van der Waals surface area contributed by atoms with Gasteiger partial charge in [0.15, 0.2) is 0 Å². The highest BCUT2D eigenvalue weighted by Gasteiger charge is 2.33. The van der Waals surface area contributed by atoms with Crippen LogP contribution in [0.5, 0.6) is 17.2 Å². The summed E-state index contributed by atoms with van der Waals surface area (Å²) in [6.45, 7) is 7.12. The van der Waals surface area contributed by atoms with E-state index in [1.165, 1.54) is 0 Å². The molecule has 0 spiro atoms. The molecule has 0 radical (unpaired) electrons. The van der Waals surface area contributed by atoms with E-state index in [2.05, 4.69) is 18.7 Å². The smallest absolute Gasteiger partial charge is 0.386 e. The van der Waals surface area contributed by atoms with E-state index in [0.29, 0.717) is 17.2 Å². The molecule has 3 aromatic rings. The lowest BCUT2D eigenvalue weighted by atomic mass is 10.1. The molecule has 3 rings (SSSR count). The third kappa shape index (κ3) is 6.38. The lowest BCUT2D eigenvalue weighted by Crippen LogP contribution is -2.25. The molecule has 0 atom stereocenters. The highest BCUT2D eigenvalue weighted by molar-refractivity contribution is 7.49. The zero-order valence-corrected chi connectivity index (χ0v) is 18.3. The van der Waals surface area contributed by atoms with E-state index < -0.39 is 7.82 Å². The molecule has 6 heteroatoms. The van der Waals surface area contributed by atoms with Crippen molar-refractivity contribution in [3.05, 3.63) is 90.5 Å². The van der Waals surface area contributed by atoms with Crippen LogP contribution in [0.3, 0.4) is 0 Å². The summed E-state index contributed by atoms with van der Waals surface area (Å²) in [7, 11) is -3.99. The second-order valence-electron chi connectivity index (χ2n) is 6.73. The number of hydrogen-bond acceptors (Lipinski definition) is 5. The summed E-state index contributed by atoms with van der Waals surface area (Å²) >= 11 is 0. The summed E-state index contributed by atoms with van der Waals surface area (Å²) in [6.07, 6.45) is 0.772. The maximum atomic E-state index is 13.6. The minimum atomic E-state index is -3.99. The molecule has 5 nitrogen and oxygen atoms in total. The van der Waals surface area contributed by atoms with E-state index >= 15 is 0 Å². The van der Waals surface area contributed by atoms with Crippen LogP contribution in [0.2, 0.25) is 0 Å². The van der Waals surface area contributed by atoms with Gasteiger partial charge >= 0.3 is 7.82 Å². The minimum Gasteiger partial charge on any atom is -0.386 e. The van der Waals surface area contributed by atoms with Gasteiger partial charge in [0, 0.05) is 6.54 Å². The van der Waals surface area contributed by atoms with E-state index in [1.807, 2.05) is 30.3 Å². The Balaban J connectivity index is 1.85. The van der Waals surface area contributed by atoms with Crippen molar-refractivity contribution in [3.63, 3.8) is 0 Å². The molecule has 0 aliphatic carbocycles. The van der Waals surface area contributed by atoms with Gasteiger partial charge in [-0.3, -0.25) is 0 Å². The number of benzene rings is 3. The first-order valence-electron chi connectivity index (χ1n) is 10.2. The molecule has 0 N–H and O–H groups in total. The van der Waals surface area contributed by atoms with Crippen molar-refractivity contribution in [2.75, 3.05) is 19.6 Å². The zero-order valence-electron chi connectivity index (χ0n) is 17.4. The Morgan fingerprint density at radius 3 is 1.73 bits per heavy atom. The Labute approximate surface area is 178 Å². The van der Waals surface area contributed by atoms with Gasteiger partial charge in [-0.1, -0.05) is 68.4 Å². The van der Waals surface area contributed by atoms with Crippen LogP contribution < -0.4 is 13.6 Å². The van der Waals surface area contributed by atoms with Gasteiger partial charge < -0.3 is 18.5 Å². The first kappa shape index (κ1) is 21.9. The molecule has 0 aliphatic heterocycles. The molecule has 158 valence electrons. The van der Waals surface area contributed by atoms with Crippen LogP contribution in [0.1, 0.15) is 19.4 Å². The van der Waals surface area contributed by atoms with Crippen LogP contribution in [-0.4, -0.2) is 24.5 Å². The minimum absolute atomic E-state index is 0.414. The van der Waals surface area contributed by atoms with E-state index in [9.17, 15) is 4.57 Å². The Morgan fingerprint density at radius 1 is 0.700 bits per heavy atom. The first-order valence-corrected chi connectivity index (χ1v) is 11.7. The maximum absolute atomic E-state index is 13.6. The van der Waals surface area contributed by atoms with Gasteiger partial charge in [-0.25, -0.2) is 0 Å². The van der Waals surface area contributed by atoms with Crippen molar-refractivity contribution in [2.45, 2.75) is 20.3 Å². The molecular weight excluding hydrogens is 397 g/mol. The summed E-state index contributed by atoms with van der Waals surface area (Å²) < 4.78 is 31.0. The van der Waals surface area contributed by atoms with E-state index in [0.717, 1.165) is 31.6 Å². The number of phosphoric acid groups is 1. The van der Waals surface area contributed by atoms with Gasteiger partial charge in [0.05, 0.1) is 0 Å². The van der Waals surface area contributed by atoms with Crippen LogP contribution in [0.4, 0.5) is 0 Å². The number of nitrogens with zero attached hydrogens (tertiary/aromatic N) is 1. The molecule has 0 aliphatic rings. The van der Waals surface area contributed by atoms with Crippen LogP contribution in [0, 0.1) is 0 Å². The van der Waals surface area contributed by atoms with Gasteiger partial charge in [0.25, 0.3) is 0 Å². The van der Waals surface area contributed by atoms with Crippen molar-refractivity contribution in [2.24, 2.45) is 0 Å². The molecular formula is C24H28NO4P. The van der Waals surface area contributed by atoms with Gasteiger partial charge in [-0.2, -0.15) is 4.57 Å². The topological polar surface area (TPSA) is 48.0 Å². The van der Waals surface area contributed by atoms with Crippen molar-refractivity contribution in [1.29, 1.82) is 0 Å². The van der Waals surface area contributed by atoms with E-state index in [4.69, 9.17) is 13.6 Å². The van der Waals surface area contributed by atoms with Gasteiger partial charge in [-0.05, 0) is 55.4 Å². The standard InChI is InChI=1S/C24H28NO4P/c1-3-25(4-2)20-19-21-13-11-12-18-24(21)29-30(26,27-22-14-7-5-8-15-22)28-23-16-9-6-10-17-23/h5-18H,3-4,19-20H2,1-2H3. The Bertz CT molecular complexity index is 900. The molecule has 0 aromatic heterocycles. The third-order valence-corrected chi connectivity index (χ3v) is 5.98. The Hall–Kier alpha value is -2.75. The summed E-state index contributed by atoms with van der Waals surface area (Å²) in [5.41, 5.74) is 0.956. The average molecular weight is 425 g/mol. The molecule has 0 amide bonds. The van der Waals surface area contributed by atoms with Gasteiger partial charge in [0.1, 0.15) is 17.2 Å². The van der Waals surface area contributed by atoms with Crippen LogP contribution in [0.15, 0.2) is 84.9 Å². The largest absolute Gasteiger partial charge is 0.647 e. The monoisotopic (exact) mass is 425 g/mol. The zero-order chi connectivity index (χ0) is 21.2. The fourth-order valence-electron chi connectivity index (χ4n) is 3.02. The second-order valence-corrected chi connectivity index (χ2v) is 8.17. The van der Waals surface area contributed by atoms with Crippen LogP contribution in [0.25, 0.3) is 0 Å². The fraction of sp³-hybridized carbons (Fsp3) is 0.250. The number of para-hydroxylation sites is 3. The van der Waals surface area contributed by atoms with Crippen molar-refractivity contribution >= 4 is 7.82 Å². The maximum Gasteiger partial charge on any atom is 0.647 e. The molecule has 0 saturated heterocycles. The molecule has 30 heavy (non-hydrogen) atoms. The SMILES string of the molecule is CCN(CC)CCc1ccccc1OP(=O)(Oc1ccccc1)Oc1ccccc1. The van der Waals surface area contributed by atoms with Crippen molar-refractivity contribution in [1.82, 2.24) is 4.90 Å². The normalized spacial score (nSPS) is 11.3. The Kier molecular flexibility index (Phi) is 7.95. The summed E-state index contributed by atoms with van der Waals surface area (Å²) in [4.78, 5) is 2.33. The number of hydrogen-bond donors (Lipinski definition) is 0. The summed E-state index contributed by atoms with van der Waals surface area (Å²) in [5.74, 6) is 1.33. The van der Waals surface area contributed by atoms with Gasteiger partial charge in [0.2, 0.25) is 0 Å². The molecule has 3 aromatic carbocycles. The van der Waals surface area contributed by atoms with E-state index in [-0.39, 0.29) is 0 Å². The summed E-state index contributed by atoms with van der Waals surface area (Å²) in [5, 5.41) is 0. The molecule has 0 saturated carbocycles. The number of phosphoric ester groups is 1. The lowest BCUT2D eigenvalue weighted by Gasteiger charge is -2.22. The first-order chi connectivity index (χ1) is 14.6. The quantitative estimate of drug-likeness (QED) is 0.342. The summed E-state index contributed by atoms with van der Waals surface area (Å²) in [6, 6.07) is 25.4. The highest BCUT2D eigenvalue weighted by Crippen LogP contribution is 2.50. The van der Waals surface area contributed by atoms with Crippen molar-refractivity contribution < 1.29 is 18.1 Å². The Morgan fingerprint density at radius 2 is 1.20 bits per heavy atom. The van der Waals surface area contributed by atoms with Gasteiger partial charge in [-0.15, -0.1) is 0 Å². The molecule has 0 heterocycles. The number of likely N-dealkylation sites (N-methyl/N-ethyl adjacent to an activating group) is 1.